The largest absolute Gasteiger partial charge is 0.356 e. The number of nitrogens with one attached hydrogen (secondary N) is 1. The SMILES string of the molecule is O=C1CC(C(=O)N2CCc3ccccc32)CCN1. The fraction of sp³-hybridized carbons (Fsp3) is 0.429. The molecule has 0 aromatic heterocycles. The first kappa shape index (κ1) is 11.3. The van der Waals surface area contributed by atoms with Crippen molar-refractivity contribution in [2.45, 2.75) is 19.3 Å². The molecule has 0 spiro atoms. The highest BCUT2D eigenvalue weighted by Crippen LogP contribution is 2.30. The lowest BCUT2D eigenvalue weighted by molar-refractivity contribution is -0.130. The summed E-state index contributed by atoms with van der Waals surface area (Å²) >= 11 is 0. The van der Waals surface area contributed by atoms with Gasteiger partial charge in [-0.05, 0) is 24.5 Å². The molecule has 0 aliphatic carbocycles. The van der Waals surface area contributed by atoms with Crippen LogP contribution in [0.4, 0.5) is 5.69 Å². The van der Waals surface area contributed by atoms with Crippen LogP contribution in [0.15, 0.2) is 24.3 Å². The topological polar surface area (TPSA) is 49.4 Å². The Balaban J connectivity index is 1.80. The Morgan fingerprint density at radius 1 is 1.33 bits per heavy atom. The Morgan fingerprint density at radius 2 is 2.17 bits per heavy atom. The number of fused-ring (bicyclic) bond motifs is 1. The van der Waals surface area contributed by atoms with Gasteiger partial charge in [0.1, 0.15) is 0 Å². The van der Waals surface area contributed by atoms with Crippen LogP contribution in [0.25, 0.3) is 0 Å². The van der Waals surface area contributed by atoms with E-state index < -0.39 is 0 Å². The molecule has 0 saturated carbocycles. The molecule has 2 aliphatic heterocycles. The van der Waals surface area contributed by atoms with Crippen molar-refractivity contribution in [3.8, 4) is 0 Å². The summed E-state index contributed by atoms with van der Waals surface area (Å²) in [6.45, 7) is 1.36. The van der Waals surface area contributed by atoms with Crippen LogP contribution >= 0.6 is 0 Å². The maximum atomic E-state index is 12.5. The van der Waals surface area contributed by atoms with Gasteiger partial charge in [-0.25, -0.2) is 0 Å². The summed E-state index contributed by atoms with van der Waals surface area (Å²) in [5.41, 5.74) is 2.25. The van der Waals surface area contributed by atoms with Crippen molar-refractivity contribution in [1.29, 1.82) is 0 Å². The molecule has 4 heteroatoms. The number of piperidine rings is 1. The van der Waals surface area contributed by atoms with Gasteiger partial charge in [0.2, 0.25) is 11.8 Å². The van der Waals surface area contributed by atoms with E-state index in [4.69, 9.17) is 0 Å². The third-order valence-corrected chi connectivity index (χ3v) is 3.75. The molecular formula is C14H16N2O2. The van der Waals surface area contributed by atoms with Crippen molar-refractivity contribution in [2.24, 2.45) is 5.92 Å². The third-order valence-electron chi connectivity index (χ3n) is 3.75. The quantitative estimate of drug-likeness (QED) is 0.804. The molecule has 94 valence electrons. The third kappa shape index (κ3) is 1.88. The van der Waals surface area contributed by atoms with Crippen LogP contribution in [0.5, 0.6) is 0 Å². The Morgan fingerprint density at radius 3 is 3.00 bits per heavy atom. The lowest BCUT2D eigenvalue weighted by atomic mass is 9.96. The van der Waals surface area contributed by atoms with Gasteiger partial charge in [0, 0.05) is 31.1 Å². The summed E-state index contributed by atoms with van der Waals surface area (Å²) in [7, 11) is 0. The summed E-state index contributed by atoms with van der Waals surface area (Å²) < 4.78 is 0. The molecule has 1 atom stereocenters. The van der Waals surface area contributed by atoms with E-state index in [0.717, 1.165) is 25.1 Å². The Kier molecular flexibility index (Phi) is 2.78. The second-order valence-electron chi connectivity index (χ2n) is 4.91. The number of para-hydroxylation sites is 1. The van der Waals surface area contributed by atoms with Gasteiger partial charge in [-0.3, -0.25) is 9.59 Å². The summed E-state index contributed by atoms with van der Waals surface area (Å²) in [6, 6.07) is 8.01. The number of carbonyl (C=O) groups is 2. The Hall–Kier alpha value is -1.84. The summed E-state index contributed by atoms with van der Waals surface area (Å²) in [5.74, 6) is -0.0493. The van der Waals surface area contributed by atoms with Crippen molar-refractivity contribution >= 4 is 17.5 Å². The molecule has 1 aromatic carbocycles. The highest BCUT2D eigenvalue weighted by molar-refractivity contribution is 5.99. The van der Waals surface area contributed by atoms with E-state index in [9.17, 15) is 9.59 Å². The zero-order valence-electron chi connectivity index (χ0n) is 10.2. The zero-order valence-corrected chi connectivity index (χ0v) is 10.2. The molecule has 1 fully saturated rings. The summed E-state index contributed by atoms with van der Waals surface area (Å²) in [5, 5.41) is 2.77. The van der Waals surface area contributed by atoms with Crippen molar-refractivity contribution < 1.29 is 9.59 Å². The molecule has 18 heavy (non-hydrogen) atoms. The van der Waals surface area contributed by atoms with Crippen molar-refractivity contribution in [3.05, 3.63) is 29.8 Å². The Bertz CT molecular complexity index is 498. The number of rotatable bonds is 1. The monoisotopic (exact) mass is 244 g/mol. The number of hydrogen-bond acceptors (Lipinski definition) is 2. The first-order valence-electron chi connectivity index (χ1n) is 6.41. The van der Waals surface area contributed by atoms with Crippen LogP contribution in [0.1, 0.15) is 18.4 Å². The van der Waals surface area contributed by atoms with Crippen LogP contribution < -0.4 is 10.2 Å². The second-order valence-corrected chi connectivity index (χ2v) is 4.91. The van der Waals surface area contributed by atoms with E-state index in [-0.39, 0.29) is 17.7 Å². The highest BCUT2D eigenvalue weighted by atomic mass is 16.2. The molecule has 1 unspecified atom stereocenters. The van der Waals surface area contributed by atoms with Crippen LogP contribution in [-0.2, 0) is 16.0 Å². The number of carbonyl (C=O) groups excluding carboxylic acids is 2. The molecule has 1 N–H and O–H groups in total. The van der Waals surface area contributed by atoms with Gasteiger partial charge >= 0.3 is 0 Å². The van der Waals surface area contributed by atoms with E-state index in [1.165, 1.54) is 5.56 Å². The maximum absolute atomic E-state index is 12.5. The van der Waals surface area contributed by atoms with Gasteiger partial charge in [0.05, 0.1) is 0 Å². The normalized spacial score (nSPS) is 22.6. The van der Waals surface area contributed by atoms with Crippen molar-refractivity contribution in [3.63, 3.8) is 0 Å². The lowest BCUT2D eigenvalue weighted by Gasteiger charge is -2.26. The number of benzene rings is 1. The van der Waals surface area contributed by atoms with Crippen molar-refractivity contribution in [1.82, 2.24) is 5.32 Å². The molecule has 2 aliphatic rings. The molecule has 4 nitrogen and oxygen atoms in total. The molecule has 1 aromatic rings. The fourth-order valence-corrected chi connectivity index (χ4v) is 2.78. The lowest BCUT2D eigenvalue weighted by Crippen LogP contribution is -2.42. The van der Waals surface area contributed by atoms with E-state index in [0.29, 0.717) is 13.0 Å². The van der Waals surface area contributed by atoms with Crippen LogP contribution in [0, 0.1) is 5.92 Å². The van der Waals surface area contributed by atoms with Gasteiger partial charge in [-0.2, -0.15) is 0 Å². The predicted octanol–water partition coefficient (Wildman–Crippen LogP) is 1.10. The maximum Gasteiger partial charge on any atom is 0.230 e. The molecular weight excluding hydrogens is 228 g/mol. The molecule has 3 rings (SSSR count). The number of hydrogen-bond donors (Lipinski definition) is 1. The summed E-state index contributed by atoms with van der Waals surface area (Å²) in [6.07, 6.45) is 2.00. The molecule has 0 radical (unpaired) electrons. The van der Waals surface area contributed by atoms with E-state index in [1.807, 2.05) is 23.1 Å². The van der Waals surface area contributed by atoms with E-state index in [2.05, 4.69) is 11.4 Å². The van der Waals surface area contributed by atoms with Gasteiger partial charge in [-0.15, -0.1) is 0 Å². The molecule has 2 heterocycles. The minimum Gasteiger partial charge on any atom is -0.356 e. The van der Waals surface area contributed by atoms with Gasteiger partial charge in [-0.1, -0.05) is 18.2 Å². The Labute approximate surface area is 106 Å². The number of anilines is 1. The molecule has 2 amide bonds. The highest BCUT2D eigenvalue weighted by Gasteiger charge is 2.32. The zero-order chi connectivity index (χ0) is 12.5. The fourth-order valence-electron chi connectivity index (χ4n) is 2.78. The van der Waals surface area contributed by atoms with Gasteiger partial charge < -0.3 is 10.2 Å². The predicted molar refractivity (Wildman–Crippen MR) is 68.2 cm³/mol. The minimum absolute atomic E-state index is 0.00733. The van der Waals surface area contributed by atoms with Crippen molar-refractivity contribution in [2.75, 3.05) is 18.0 Å². The molecule has 1 saturated heterocycles. The van der Waals surface area contributed by atoms with Gasteiger partial charge in [0.25, 0.3) is 0 Å². The van der Waals surface area contributed by atoms with Gasteiger partial charge in [0.15, 0.2) is 0 Å². The smallest absolute Gasteiger partial charge is 0.230 e. The second kappa shape index (κ2) is 4.44. The number of amides is 2. The average molecular weight is 244 g/mol. The van der Waals surface area contributed by atoms with Crippen LogP contribution in [0.2, 0.25) is 0 Å². The average Bonchev–Trinajstić information content (AvgIpc) is 2.82. The van der Waals surface area contributed by atoms with Crippen LogP contribution in [0.3, 0.4) is 0 Å². The number of nitrogens with zero attached hydrogens (tertiary/aromatic N) is 1. The van der Waals surface area contributed by atoms with E-state index >= 15 is 0 Å². The first-order chi connectivity index (χ1) is 8.75. The minimum atomic E-state index is -0.148. The van der Waals surface area contributed by atoms with E-state index in [1.54, 1.807) is 0 Å². The summed E-state index contributed by atoms with van der Waals surface area (Å²) in [4.78, 5) is 25.7. The first-order valence-corrected chi connectivity index (χ1v) is 6.41. The molecule has 0 bridgehead atoms. The standard InChI is InChI=1S/C14H16N2O2/c17-13-9-11(5-7-15-13)14(18)16-8-6-10-3-1-2-4-12(10)16/h1-4,11H,5-9H2,(H,15,17). The van der Waals surface area contributed by atoms with Crippen LogP contribution in [-0.4, -0.2) is 24.9 Å².